The number of pyridine rings is 1. The Bertz CT molecular complexity index is 404. The van der Waals surface area contributed by atoms with E-state index in [2.05, 4.69) is 15.6 Å². The summed E-state index contributed by atoms with van der Waals surface area (Å²) in [4.78, 5) is 15.8. The third-order valence-electron chi connectivity index (χ3n) is 2.78. The zero-order chi connectivity index (χ0) is 11.5. The fraction of sp³-hybridized carbons (Fsp3) is 0.455. The number of carbonyl (C=O) groups is 1. The van der Waals surface area contributed by atoms with Crippen molar-refractivity contribution in [1.82, 2.24) is 10.3 Å². The van der Waals surface area contributed by atoms with Gasteiger partial charge in [-0.1, -0.05) is 11.6 Å². The fourth-order valence-corrected chi connectivity index (χ4v) is 1.83. The van der Waals surface area contributed by atoms with E-state index in [9.17, 15) is 4.79 Å². The molecule has 1 aliphatic carbocycles. The number of hydrogen-bond donors (Lipinski definition) is 2. The number of amides is 1. The van der Waals surface area contributed by atoms with E-state index in [4.69, 9.17) is 11.6 Å². The minimum atomic E-state index is -0.0956. The second-order valence-corrected chi connectivity index (χ2v) is 4.31. The molecule has 4 nitrogen and oxygen atoms in total. The molecule has 1 aromatic heterocycles. The number of rotatable bonds is 3. The van der Waals surface area contributed by atoms with E-state index in [1.807, 2.05) is 0 Å². The standard InChI is InChI=1S/C11H14ClN3O/c1-13-10-9(12)5-7(6-14-10)11(16)15-8-3-2-4-8/h5-6,8H,2-4H2,1H3,(H,13,14)(H,15,16). The normalized spacial score (nSPS) is 15.4. The molecule has 1 heterocycles. The lowest BCUT2D eigenvalue weighted by atomic mass is 9.93. The maximum atomic E-state index is 11.8. The van der Waals surface area contributed by atoms with Crippen LogP contribution < -0.4 is 10.6 Å². The highest BCUT2D eigenvalue weighted by Crippen LogP contribution is 2.21. The van der Waals surface area contributed by atoms with Crippen LogP contribution in [0.4, 0.5) is 5.82 Å². The lowest BCUT2D eigenvalue weighted by Crippen LogP contribution is -2.39. The monoisotopic (exact) mass is 239 g/mol. The molecule has 0 radical (unpaired) electrons. The number of hydrogen-bond acceptors (Lipinski definition) is 3. The maximum absolute atomic E-state index is 11.8. The molecule has 1 aliphatic rings. The highest BCUT2D eigenvalue weighted by atomic mass is 35.5. The molecule has 1 fully saturated rings. The molecule has 1 amide bonds. The molecule has 2 N–H and O–H groups in total. The largest absolute Gasteiger partial charge is 0.372 e. The quantitative estimate of drug-likeness (QED) is 0.849. The molecule has 0 atom stereocenters. The predicted octanol–water partition coefficient (Wildman–Crippen LogP) is 2.06. The number of aromatic nitrogens is 1. The molecule has 1 saturated carbocycles. The number of nitrogens with zero attached hydrogens (tertiary/aromatic N) is 1. The number of carbonyl (C=O) groups excluding carboxylic acids is 1. The second-order valence-electron chi connectivity index (χ2n) is 3.91. The number of nitrogens with one attached hydrogen (secondary N) is 2. The smallest absolute Gasteiger partial charge is 0.253 e. The van der Waals surface area contributed by atoms with Crippen LogP contribution in [0.15, 0.2) is 12.3 Å². The molecule has 0 bridgehead atoms. The molecule has 0 saturated heterocycles. The SMILES string of the molecule is CNc1ncc(C(=O)NC2CCC2)cc1Cl. The minimum Gasteiger partial charge on any atom is -0.372 e. The highest BCUT2D eigenvalue weighted by molar-refractivity contribution is 6.33. The molecule has 2 rings (SSSR count). The first-order valence-corrected chi connectivity index (χ1v) is 5.72. The highest BCUT2D eigenvalue weighted by Gasteiger charge is 2.20. The van der Waals surface area contributed by atoms with Crippen molar-refractivity contribution in [1.29, 1.82) is 0 Å². The van der Waals surface area contributed by atoms with Crippen LogP contribution >= 0.6 is 11.6 Å². The van der Waals surface area contributed by atoms with Crippen LogP contribution in [0, 0.1) is 0 Å². The van der Waals surface area contributed by atoms with Gasteiger partial charge in [0, 0.05) is 19.3 Å². The van der Waals surface area contributed by atoms with E-state index in [0.717, 1.165) is 12.8 Å². The van der Waals surface area contributed by atoms with Crippen LogP contribution in [-0.2, 0) is 0 Å². The minimum absolute atomic E-state index is 0.0956. The van der Waals surface area contributed by atoms with Crippen molar-refractivity contribution in [3.63, 3.8) is 0 Å². The Kier molecular flexibility index (Phi) is 3.29. The first-order valence-electron chi connectivity index (χ1n) is 5.35. The fourth-order valence-electron chi connectivity index (χ4n) is 1.57. The summed E-state index contributed by atoms with van der Waals surface area (Å²) in [5.74, 6) is 0.489. The van der Waals surface area contributed by atoms with Crippen LogP contribution in [0.1, 0.15) is 29.6 Å². The van der Waals surface area contributed by atoms with Gasteiger partial charge in [0.1, 0.15) is 5.82 Å². The third-order valence-corrected chi connectivity index (χ3v) is 3.07. The molecular formula is C11H14ClN3O. The summed E-state index contributed by atoms with van der Waals surface area (Å²) < 4.78 is 0. The van der Waals surface area contributed by atoms with E-state index < -0.39 is 0 Å². The first kappa shape index (κ1) is 11.2. The molecular weight excluding hydrogens is 226 g/mol. The van der Waals surface area contributed by atoms with Gasteiger partial charge in [-0.2, -0.15) is 0 Å². The van der Waals surface area contributed by atoms with E-state index in [1.54, 1.807) is 13.1 Å². The van der Waals surface area contributed by atoms with Crippen molar-refractivity contribution in [2.45, 2.75) is 25.3 Å². The zero-order valence-corrected chi connectivity index (χ0v) is 9.84. The average molecular weight is 240 g/mol. The van der Waals surface area contributed by atoms with E-state index in [1.165, 1.54) is 12.6 Å². The Hall–Kier alpha value is -1.29. The lowest BCUT2D eigenvalue weighted by molar-refractivity contribution is 0.0916. The van der Waals surface area contributed by atoms with Gasteiger partial charge in [-0.15, -0.1) is 0 Å². The van der Waals surface area contributed by atoms with Crippen LogP contribution in [-0.4, -0.2) is 24.0 Å². The summed E-state index contributed by atoms with van der Waals surface area (Å²) in [6.07, 6.45) is 4.87. The Morgan fingerprint density at radius 1 is 1.56 bits per heavy atom. The molecule has 0 aliphatic heterocycles. The molecule has 0 unspecified atom stereocenters. The summed E-state index contributed by atoms with van der Waals surface area (Å²) in [5.41, 5.74) is 0.510. The van der Waals surface area contributed by atoms with Crippen molar-refractivity contribution in [2.24, 2.45) is 0 Å². The van der Waals surface area contributed by atoms with Gasteiger partial charge in [0.15, 0.2) is 0 Å². The molecule has 0 spiro atoms. The van der Waals surface area contributed by atoms with E-state index >= 15 is 0 Å². The van der Waals surface area contributed by atoms with Crippen molar-refractivity contribution in [3.05, 3.63) is 22.8 Å². The Labute approximate surface area is 99.4 Å². The number of halogens is 1. The van der Waals surface area contributed by atoms with Gasteiger partial charge in [-0.25, -0.2) is 4.98 Å². The predicted molar refractivity (Wildman–Crippen MR) is 63.9 cm³/mol. The molecule has 1 aromatic rings. The summed E-state index contributed by atoms with van der Waals surface area (Å²) in [6, 6.07) is 1.96. The van der Waals surface area contributed by atoms with Crippen LogP contribution in [0.3, 0.4) is 0 Å². The van der Waals surface area contributed by atoms with Gasteiger partial charge in [0.2, 0.25) is 0 Å². The van der Waals surface area contributed by atoms with Gasteiger partial charge < -0.3 is 10.6 Å². The van der Waals surface area contributed by atoms with E-state index in [-0.39, 0.29) is 5.91 Å². The molecule has 16 heavy (non-hydrogen) atoms. The second kappa shape index (κ2) is 4.70. The summed E-state index contributed by atoms with van der Waals surface area (Å²) >= 11 is 5.95. The lowest BCUT2D eigenvalue weighted by Gasteiger charge is -2.26. The summed E-state index contributed by atoms with van der Waals surface area (Å²) in [5, 5.41) is 6.25. The molecule has 0 aromatic carbocycles. The van der Waals surface area contributed by atoms with Gasteiger partial charge in [-0.3, -0.25) is 4.79 Å². The van der Waals surface area contributed by atoms with Crippen molar-refractivity contribution >= 4 is 23.3 Å². The Morgan fingerprint density at radius 3 is 2.81 bits per heavy atom. The first-order chi connectivity index (χ1) is 7.70. The van der Waals surface area contributed by atoms with Crippen LogP contribution in [0.5, 0.6) is 0 Å². The van der Waals surface area contributed by atoms with Gasteiger partial charge in [0.25, 0.3) is 5.91 Å². The topological polar surface area (TPSA) is 54.0 Å². The van der Waals surface area contributed by atoms with Crippen molar-refractivity contribution < 1.29 is 4.79 Å². The summed E-state index contributed by atoms with van der Waals surface area (Å²) in [7, 11) is 1.74. The Morgan fingerprint density at radius 2 is 2.31 bits per heavy atom. The molecule has 86 valence electrons. The van der Waals surface area contributed by atoms with Crippen molar-refractivity contribution in [2.75, 3.05) is 12.4 Å². The van der Waals surface area contributed by atoms with Crippen molar-refractivity contribution in [3.8, 4) is 0 Å². The summed E-state index contributed by atoms with van der Waals surface area (Å²) in [6.45, 7) is 0. The van der Waals surface area contributed by atoms with Gasteiger partial charge >= 0.3 is 0 Å². The van der Waals surface area contributed by atoms with Crippen LogP contribution in [0.25, 0.3) is 0 Å². The van der Waals surface area contributed by atoms with Gasteiger partial charge in [-0.05, 0) is 25.3 Å². The van der Waals surface area contributed by atoms with Gasteiger partial charge in [0.05, 0.1) is 10.6 Å². The molecule has 5 heteroatoms. The third kappa shape index (κ3) is 2.27. The maximum Gasteiger partial charge on any atom is 0.253 e. The zero-order valence-electron chi connectivity index (χ0n) is 9.09. The average Bonchev–Trinajstić information content (AvgIpc) is 2.23. The van der Waals surface area contributed by atoms with E-state index in [0.29, 0.717) is 22.4 Å². The van der Waals surface area contributed by atoms with Crippen LogP contribution in [0.2, 0.25) is 5.02 Å². The Balaban J connectivity index is 2.07. The number of anilines is 1.